The molecule has 0 spiro atoms. The second-order valence-corrected chi connectivity index (χ2v) is 7.40. The Bertz CT molecular complexity index is 1060. The van der Waals surface area contributed by atoms with Crippen molar-refractivity contribution in [3.05, 3.63) is 82.6 Å². The van der Waals surface area contributed by atoms with Crippen LogP contribution in [0.15, 0.2) is 49.1 Å². The summed E-state index contributed by atoms with van der Waals surface area (Å²) in [5.41, 5.74) is 6.62. The molecule has 1 aliphatic heterocycles. The number of amides is 1. The van der Waals surface area contributed by atoms with Gasteiger partial charge in [-0.2, -0.15) is 5.10 Å². The molecule has 2 N–H and O–H groups in total. The lowest BCUT2D eigenvalue weighted by molar-refractivity contribution is 0.0764. The number of aromatic nitrogens is 2. The number of fused-ring (bicyclic) bond motifs is 1. The van der Waals surface area contributed by atoms with Crippen LogP contribution in [-0.2, 0) is 0 Å². The third-order valence-corrected chi connectivity index (χ3v) is 5.28. The molecule has 1 amide bonds. The van der Waals surface area contributed by atoms with Gasteiger partial charge in [0.15, 0.2) is 0 Å². The Labute approximate surface area is 164 Å². The molecule has 0 fully saturated rings. The molecule has 3 aromatic rings. The lowest BCUT2D eigenvalue weighted by atomic mass is 9.93. The van der Waals surface area contributed by atoms with Gasteiger partial charge in [-0.05, 0) is 43.5 Å². The number of hydrogen-bond acceptors (Lipinski definition) is 3. The van der Waals surface area contributed by atoms with Gasteiger partial charge in [0.1, 0.15) is 17.1 Å². The summed E-state index contributed by atoms with van der Waals surface area (Å²) in [7, 11) is 0. The van der Waals surface area contributed by atoms with Crippen molar-refractivity contribution in [1.82, 2.24) is 15.1 Å². The zero-order valence-electron chi connectivity index (χ0n) is 16.3. The summed E-state index contributed by atoms with van der Waals surface area (Å²) in [5.74, 6) is 0.0626. The highest BCUT2D eigenvalue weighted by Crippen LogP contribution is 2.45. The molecule has 2 heterocycles. The molecule has 0 saturated carbocycles. The molecule has 4 rings (SSSR count). The van der Waals surface area contributed by atoms with Crippen LogP contribution in [-0.4, -0.2) is 32.7 Å². The van der Waals surface area contributed by atoms with Gasteiger partial charge in [0, 0.05) is 17.7 Å². The molecule has 0 saturated heterocycles. The number of phenols is 1. The molecule has 2 aromatic carbocycles. The predicted octanol–water partition coefficient (Wildman–Crippen LogP) is 4.44. The van der Waals surface area contributed by atoms with Crippen molar-refractivity contribution in [3.63, 3.8) is 0 Å². The van der Waals surface area contributed by atoms with Gasteiger partial charge in [0.05, 0.1) is 6.04 Å². The van der Waals surface area contributed by atoms with Crippen molar-refractivity contribution in [2.24, 2.45) is 0 Å². The number of nitrogens with one attached hydrogen (secondary N) is 1. The molecule has 1 aromatic heterocycles. The summed E-state index contributed by atoms with van der Waals surface area (Å²) >= 11 is 0. The van der Waals surface area contributed by atoms with Crippen molar-refractivity contribution in [1.29, 1.82) is 0 Å². The van der Waals surface area contributed by atoms with Gasteiger partial charge in [-0.15, -0.1) is 6.58 Å². The van der Waals surface area contributed by atoms with Gasteiger partial charge in [-0.1, -0.05) is 42.0 Å². The Kier molecular flexibility index (Phi) is 4.30. The first-order chi connectivity index (χ1) is 13.4. The molecule has 5 heteroatoms. The molecular weight excluding hydrogens is 350 g/mol. The number of aryl methyl sites for hydroxylation is 3. The third-order valence-electron chi connectivity index (χ3n) is 5.28. The first-order valence-corrected chi connectivity index (χ1v) is 9.29. The molecule has 0 unspecified atom stereocenters. The number of aromatic hydroxyl groups is 1. The number of H-pyrrole nitrogens is 1. The van der Waals surface area contributed by atoms with E-state index in [1.54, 1.807) is 17.0 Å². The van der Waals surface area contributed by atoms with E-state index in [0.717, 1.165) is 27.8 Å². The van der Waals surface area contributed by atoms with Crippen LogP contribution in [0.1, 0.15) is 44.3 Å². The molecule has 0 radical (unpaired) electrons. The molecule has 0 bridgehead atoms. The lowest BCUT2D eigenvalue weighted by Crippen LogP contribution is -2.29. The SMILES string of the molecule is C=CCN1C(=O)c2[nH]nc(-c3c(C)cc(C)cc3O)c2[C@H]1c1ccc(C)cc1. The summed E-state index contributed by atoms with van der Waals surface area (Å²) in [6, 6.07) is 11.6. The molecule has 1 atom stereocenters. The summed E-state index contributed by atoms with van der Waals surface area (Å²) in [6.07, 6.45) is 1.73. The average Bonchev–Trinajstić information content (AvgIpc) is 3.16. The van der Waals surface area contributed by atoms with Gasteiger partial charge in [-0.3, -0.25) is 9.89 Å². The predicted molar refractivity (Wildman–Crippen MR) is 109 cm³/mol. The molecule has 5 nitrogen and oxygen atoms in total. The number of nitrogens with zero attached hydrogens (tertiary/aromatic N) is 2. The Balaban J connectivity index is 1.95. The second-order valence-electron chi connectivity index (χ2n) is 7.40. The number of rotatable bonds is 4. The molecule has 28 heavy (non-hydrogen) atoms. The van der Waals surface area contributed by atoms with Crippen LogP contribution in [0, 0.1) is 20.8 Å². The molecule has 1 aliphatic rings. The van der Waals surface area contributed by atoms with Gasteiger partial charge >= 0.3 is 0 Å². The van der Waals surface area contributed by atoms with E-state index in [4.69, 9.17) is 0 Å². The zero-order valence-corrected chi connectivity index (χ0v) is 16.3. The summed E-state index contributed by atoms with van der Waals surface area (Å²) in [4.78, 5) is 14.8. The maximum absolute atomic E-state index is 13.1. The van der Waals surface area contributed by atoms with Gasteiger partial charge in [0.2, 0.25) is 0 Å². The lowest BCUT2D eigenvalue weighted by Gasteiger charge is -2.25. The first kappa shape index (κ1) is 18.0. The number of hydrogen-bond donors (Lipinski definition) is 2. The zero-order chi connectivity index (χ0) is 20.0. The standard InChI is InChI=1S/C23H23N3O2/c1-5-10-26-22(16-8-6-13(2)7-9-16)19-20(24-25-21(19)23(26)28)18-15(4)11-14(3)12-17(18)27/h5-9,11-12,22,27H,1,10H2,2-4H3,(H,24,25)/t22-/m1/s1. The van der Waals surface area contributed by atoms with Crippen molar-refractivity contribution >= 4 is 5.91 Å². The summed E-state index contributed by atoms with van der Waals surface area (Å²) < 4.78 is 0. The highest BCUT2D eigenvalue weighted by molar-refractivity contribution is 6.00. The Morgan fingerprint density at radius 3 is 2.54 bits per heavy atom. The highest BCUT2D eigenvalue weighted by Gasteiger charge is 2.42. The van der Waals surface area contributed by atoms with Gasteiger partial charge in [0.25, 0.3) is 5.91 Å². The van der Waals surface area contributed by atoms with Crippen molar-refractivity contribution < 1.29 is 9.90 Å². The third kappa shape index (κ3) is 2.71. The van der Waals surface area contributed by atoms with E-state index < -0.39 is 0 Å². The largest absolute Gasteiger partial charge is 0.507 e. The maximum atomic E-state index is 13.1. The minimum Gasteiger partial charge on any atom is -0.507 e. The second kappa shape index (κ2) is 6.68. The number of carbonyl (C=O) groups is 1. The van der Waals surface area contributed by atoms with E-state index in [9.17, 15) is 9.90 Å². The van der Waals surface area contributed by atoms with E-state index in [-0.39, 0.29) is 17.7 Å². The van der Waals surface area contributed by atoms with Crippen LogP contribution in [0.5, 0.6) is 5.75 Å². The minimum absolute atomic E-state index is 0.108. The van der Waals surface area contributed by atoms with Crippen LogP contribution in [0.4, 0.5) is 0 Å². The first-order valence-electron chi connectivity index (χ1n) is 9.29. The molecule has 0 aliphatic carbocycles. The average molecular weight is 373 g/mol. The fourth-order valence-electron chi connectivity index (χ4n) is 4.06. The van der Waals surface area contributed by atoms with Crippen molar-refractivity contribution in [2.75, 3.05) is 6.54 Å². The number of benzene rings is 2. The van der Waals surface area contributed by atoms with Gasteiger partial charge < -0.3 is 10.0 Å². The Morgan fingerprint density at radius 2 is 1.89 bits per heavy atom. The fourth-order valence-corrected chi connectivity index (χ4v) is 4.06. The number of carbonyl (C=O) groups excluding carboxylic acids is 1. The Morgan fingerprint density at radius 1 is 1.18 bits per heavy atom. The fraction of sp³-hybridized carbons (Fsp3) is 0.217. The van der Waals surface area contributed by atoms with Crippen LogP contribution in [0.2, 0.25) is 0 Å². The van der Waals surface area contributed by atoms with E-state index in [0.29, 0.717) is 23.5 Å². The van der Waals surface area contributed by atoms with E-state index >= 15 is 0 Å². The number of aromatic amines is 1. The van der Waals surface area contributed by atoms with E-state index in [1.807, 2.05) is 51.1 Å². The molecule has 142 valence electrons. The quantitative estimate of drug-likeness (QED) is 0.664. The van der Waals surface area contributed by atoms with Crippen LogP contribution in [0.3, 0.4) is 0 Å². The van der Waals surface area contributed by atoms with Crippen molar-refractivity contribution in [2.45, 2.75) is 26.8 Å². The van der Waals surface area contributed by atoms with E-state index in [1.165, 1.54) is 0 Å². The van der Waals surface area contributed by atoms with Crippen LogP contribution < -0.4 is 0 Å². The summed E-state index contributed by atoms with van der Waals surface area (Å²) in [5, 5.41) is 18.0. The molecular formula is C23H23N3O2. The van der Waals surface area contributed by atoms with Gasteiger partial charge in [-0.25, -0.2) is 0 Å². The Hall–Kier alpha value is -3.34. The van der Waals surface area contributed by atoms with Crippen LogP contribution in [0.25, 0.3) is 11.3 Å². The summed E-state index contributed by atoms with van der Waals surface area (Å²) in [6.45, 7) is 10.2. The normalized spacial score (nSPS) is 15.8. The van der Waals surface area contributed by atoms with Crippen molar-refractivity contribution in [3.8, 4) is 17.0 Å². The number of phenolic OH excluding ortho intramolecular Hbond substituents is 1. The monoisotopic (exact) mass is 373 g/mol. The topological polar surface area (TPSA) is 69.2 Å². The highest BCUT2D eigenvalue weighted by atomic mass is 16.3. The maximum Gasteiger partial charge on any atom is 0.273 e. The van der Waals surface area contributed by atoms with E-state index in [2.05, 4.69) is 16.8 Å². The van der Waals surface area contributed by atoms with Crippen LogP contribution >= 0.6 is 0 Å². The smallest absolute Gasteiger partial charge is 0.273 e. The minimum atomic E-state index is -0.282.